The minimum atomic E-state index is -0.996. The van der Waals surface area contributed by atoms with Crippen molar-refractivity contribution in [3.05, 3.63) is 100 Å². The molecule has 1 aromatic heterocycles. The van der Waals surface area contributed by atoms with E-state index in [9.17, 15) is 19.1 Å². The van der Waals surface area contributed by atoms with Crippen LogP contribution in [0, 0.1) is 12.7 Å². The van der Waals surface area contributed by atoms with Crippen molar-refractivity contribution in [3.8, 4) is 11.5 Å². The maximum absolute atomic E-state index is 13.5. The molecule has 1 atom stereocenters. The Hall–Kier alpha value is -4.22. The zero-order valence-corrected chi connectivity index (χ0v) is 23.4. The number of rotatable bonds is 8. The molecule has 1 aliphatic rings. The third kappa shape index (κ3) is 5.30. The minimum absolute atomic E-state index is 0.0724. The predicted octanol–water partition coefficient (Wildman–Crippen LogP) is 5.92. The summed E-state index contributed by atoms with van der Waals surface area (Å²) in [4.78, 5) is 28.1. The van der Waals surface area contributed by atoms with Crippen LogP contribution in [-0.4, -0.2) is 41.2 Å². The van der Waals surface area contributed by atoms with Crippen molar-refractivity contribution in [3.63, 3.8) is 0 Å². The number of methoxy groups -OCH3 is 2. The first kappa shape index (κ1) is 27.4. The highest BCUT2D eigenvalue weighted by molar-refractivity contribution is 8.00. The van der Waals surface area contributed by atoms with Crippen LogP contribution < -0.4 is 14.4 Å². The Morgan fingerprint density at radius 1 is 1.00 bits per heavy atom. The Labute approximate surface area is 238 Å². The van der Waals surface area contributed by atoms with Crippen LogP contribution in [0.4, 0.5) is 9.52 Å². The van der Waals surface area contributed by atoms with Gasteiger partial charge in [-0.2, -0.15) is 0 Å². The molecule has 1 saturated heterocycles. The van der Waals surface area contributed by atoms with E-state index in [1.165, 1.54) is 43.0 Å². The van der Waals surface area contributed by atoms with Crippen molar-refractivity contribution in [2.45, 2.75) is 23.1 Å². The zero-order valence-electron chi connectivity index (χ0n) is 21.8. The minimum Gasteiger partial charge on any atom is -0.507 e. The lowest BCUT2D eigenvalue weighted by atomic mass is 9.95. The van der Waals surface area contributed by atoms with Crippen LogP contribution in [0.5, 0.6) is 11.5 Å². The van der Waals surface area contributed by atoms with Crippen LogP contribution in [0.2, 0.25) is 0 Å². The van der Waals surface area contributed by atoms with Gasteiger partial charge in [0.15, 0.2) is 15.8 Å². The van der Waals surface area contributed by atoms with Crippen LogP contribution in [-0.2, 0) is 15.3 Å². The van der Waals surface area contributed by atoms with E-state index in [1.807, 2.05) is 19.1 Å². The fraction of sp³-hybridized carbons (Fsp3) is 0.172. The molecule has 1 amide bonds. The first-order chi connectivity index (χ1) is 19.3. The molecule has 3 aromatic carbocycles. The SMILES string of the molecule is COc1ccc(C2/C(=C(/O)c3ccc(C)cc3)C(=O)C(=O)N2c2nnc(SCc3ccc(F)cc3)s2)cc1OC. The molecule has 2 heterocycles. The molecule has 0 bridgehead atoms. The van der Waals surface area contributed by atoms with Gasteiger partial charge >= 0.3 is 5.91 Å². The Kier molecular flexibility index (Phi) is 7.85. The molecule has 1 unspecified atom stereocenters. The van der Waals surface area contributed by atoms with Gasteiger partial charge in [0.2, 0.25) is 5.13 Å². The summed E-state index contributed by atoms with van der Waals surface area (Å²) in [7, 11) is 2.99. The summed E-state index contributed by atoms with van der Waals surface area (Å²) < 4.78 is 24.6. The number of anilines is 1. The number of amides is 1. The average Bonchev–Trinajstić information content (AvgIpc) is 3.54. The van der Waals surface area contributed by atoms with Gasteiger partial charge in [-0.1, -0.05) is 71.1 Å². The molecule has 1 aliphatic heterocycles. The van der Waals surface area contributed by atoms with Crippen LogP contribution in [0.3, 0.4) is 0 Å². The van der Waals surface area contributed by atoms with Gasteiger partial charge in [0.25, 0.3) is 5.78 Å². The zero-order chi connectivity index (χ0) is 28.4. The number of nitrogens with zero attached hydrogens (tertiary/aromatic N) is 3. The van der Waals surface area contributed by atoms with E-state index in [-0.39, 0.29) is 22.3 Å². The van der Waals surface area contributed by atoms with Crippen molar-refractivity contribution in [2.24, 2.45) is 0 Å². The summed E-state index contributed by atoms with van der Waals surface area (Å²) in [5.74, 6) is -0.904. The molecule has 0 spiro atoms. The number of aromatic nitrogens is 2. The standard InChI is InChI=1S/C29H24FN3O5S2/c1-16-4-8-18(9-5-16)25(34)23-24(19-10-13-21(37-2)22(14-19)38-3)33(27(36)26(23)35)28-31-32-29(40-28)39-15-17-6-11-20(30)12-7-17/h4-14,24,34H,15H2,1-3H3/b25-23-. The number of hydrogen-bond donors (Lipinski definition) is 1. The second-order valence-electron chi connectivity index (χ2n) is 8.92. The highest BCUT2D eigenvalue weighted by Gasteiger charge is 2.48. The Balaban J connectivity index is 1.57. The van der Waals surface area contributed by atoms with E-state index in [4.69, 9.17) is 9.47 Å². The van der Waals surface area contributed by atoms with E-state index in [1.54, 1.807) is 42.5 Å². The normalized spacial score (nSPS) is 16.4. The molecular formula is C29H24FN3O5S2. The summed E-state index contributed by atoms with van der Waals surface area (Å²) in [5, 5.41) is 19.9. The number of carbonyl (C=O) groups is 2. The summed E-state index contributed by atoms with van der Waals surface area (Å²) in [6, 6.07) is 17.2. The Bertz CT molecular complexity index is 1600. The molecule has 1 fully saturated rings. The number of ether oxygens (including phenoxy) is 2. The summed E-state index contributed by atoms with van der Waals surface area (Å²) in [5.41, 5.74) is 2.72. The van der Waals surface area contributed by atoms with Gasteiger partial charge in [0.1, 0.15) is 11.6 Å². The molecule has 0 radical (unpaired) electrons. The van der Waals surface area contributed by atoms with Crippen LogP contribution in [0.15, 0.2) is 76.6 Å². The van der Waals surface area contributed by atoms with Crippen LogP contribution >= 0.6 is 23.1 Å². The second kappa shape index (κ2) is 11.5. The number of carbonyl (C=O) groups excluding carboxylic acids is 2. The molecule has 0 saturated carbocycles. The third-order valence-electron chi connectivity index (χ3n) is 6.37. The fourth-order valence-corrected chi connectivity index (χ4v) is 6.14. The van der Waals surface area contributed by atoms with Crippen molar-refractivity contribution in [2.75, 3.05) is 19.1 Å². The largest absolute Gasteiger partial charge is 0.507 e. The molecule has 40 heavy (non-hydrogen) atoms. The number of halogens is 1. The van der Waals surface area contributed by atoms with Gasteiger partial charge < -0.3 is 14.6 Å². The molecule has 1 N–H and O–H groups in total. The first-order valence-corrected chi connectivity index (χ1v) is 13.9. The van der Waals surface area contributed by atoms with Gasteiger partial charge in [-0.05, 0) is 42.3 Å². The van der Waals surface area contributed by atoms with E-state index >= 15 is 0 Å². The van der Waals surface area contributed by atoms with Crippen molar-refractivity contribution >= 4 is 45.7 Å². The smallest absolute Gasteiger partial charge is 0.301 e. The van der Waals surface area contributed by atoms with Gasteiger partial charge in [0, 0.05) is 11.3 Å². The maximum Gasteiger partial charge on any atom is 0.301 e. The molecule has 0 aliphatic carbocycles. The topological polar surface area (TPSA) is 102 Å². The number of benzene rings is 3. The van der Waals surface area contributed by atoms with Crippen LogP contribution in [0.1, 0.15) is 28.3 Å². The predicted molar refractivity (Wildman–Crippen MR) is 151 cm³/mol. The lowest BCUT2D eigenvalue weighted by Gasteiger charge is -2.23. The molecule has 8 nitrogen and oxygen atoms in total. The Morgan fingerprint density at radius 2 is 1.70 bits per heavy atom. The first-order valence-electron chi connectivity index (χ1n) is 12.1. The lowest BCUT2D eigenvalue weighted by Crippen LogP contribution is -2.29. The Morgan fingerprint density at radius 3 is 2.38 bits per heavy atom. The monoisotopic (exact) mass is 577 g/mol. The van der Waals surface area contributed by atoms with Crippen molar-refractivity contribution in [1.82, 2.24) is 10.2 Å². The van der Waals surface area contributed by atoms with Crippen molar-refractivity contribution in [1.29, 1.82) is 0 Å². The number of thioether (sulfide) groups is 1. The van der Waals surface area contributed by atoms with Gasteiger partial charge in [-0.15, -0.1) is 10.2 Å². The van der Waals surface area contributed by atoms with E-state index in [0.29, 0.717) is 32.7 Å². The van der Waals surface area contributed by atoms with Crippen molar-refractivity contribution < 1.29 is 28.6 Å². The number of aliphatic hydroxyl groups excluding tert-OH is 1. The number of aryl methyl sites for hydroxylation is 1. The van der Waals surface area contributed by atoms with Gasteiger partial charge in [-0.3, -0.25) is 14.5 Å². The van der Waals surface area contributed by atoms with Crippen LogP contribution in [0.25, 0.3) is 5.76 Å². The van der Waals surface area contributed by atoms with Gasteiger partial charge in [0.05, 0.1) is 25.8 Å². The molecule has 204 valence electrons. The number of Topliss-reactive ketones (excluding diaryl/α,β-unsaturated/α-hetero) is 1. The van der Waals surface area contributed by atoms with E-state index < -0.39 is 17.7 Å². The third-order valence-corrected chi connectivity index (χ3v) is 8.50. The maximum atomic E-state index is 13.5. The quantitative estimate of drug-likeness (QED) is 0.0905. The van der Waals surface area contributed by atoms with Gasteiger partial charge in [-0.25, -0.2) is 4.39 Å². The average molecular weight is 578 g/mol. The highest BCUT2D eigenvalue weighted by Crippen LogP contribution is 2.45. The lowest BCUT2D eigenvalue weighted by molar-refractivity contribution is -0.132. The molecular weight excluding hydrogens is 553 g/mol. The molecule has 5 rings (SSSR count). The van der Waals surface area contributed by atoms with E-state index in [0.717, 1.165) is 22.5 Å². The second-order valence-corrected chi connectivity index (χ2v) is 11.1. The summed E-state index contributed by atoms with van der Waals surface area (Å²) in [6.07, 6.45) is 0. The summed E-state index contributed by atoms with van der Waals surface area (Å²) >= 11 is 2.52. The fourth-order valence-electron chi connectivity index (χ4n) is 4.32. The van der Waals surface area contributed by atoms with E-state index in [2.05, 4.69) is 10.2 Å². The summed E-state index contributed by atoms with van der Waals surface area (Å²) in [6.45, 7) is 1.91. The number of aliphatic hydroxyl groups is 1. The molecule has 11 heteroatoms. The highest BCUT2D eigenvalue weighted by atomic mass is 32.2. The number of hydrogen-bond acceptors (Lipinski definition) is 9. The molecule has 4 aromatic rings. The number of ketones is 1.